The van der Waals surface area contributed by atoms with Crippen molar-refractivity contribution in [3.05, 3.63) is 59.7 Å². The van der Waals surface area contributed by atoms with Crippen molar-refractivity contribution in [2.45, 2.75) is 31.1 Å². The van der Waals surface area contributed by atoms with Gasteiger partial charge in [0, 0.05) is 37.7 Å². The normalized spacial score (nSPS) is 15.3. The number of nitrogens with one attached hydrogen (secondary N) is 2. The Morgan fingerprint density at radius 2 is 1.69 bits per heavy atom. The first kappa shape index (κ1) is 23.7. The van der Waals surface area contributed by atoms with Crippen LogP contribution in [0.1, 0.15) is 35.2 Å². The van der Waals surface area contributed by atoms with E-state index in [0.29, 0.717) is 51.0 Å². The summed E-state index contributed by atoms with van der Waals surface area (Å²) in [5.41, 5.74) is 1.37. The molecule has 0 atom stereocenters. The van der Waals surface area contributed by atoms with Crippen LogP contribution < -0.4 is 10.6 Å². The molecular formula is C23H29N3O5S. The molecular weight excluding hydrogens is 430 g/mol. The van der Waals surface area contributed by atoms with Gasteiger partial charge < -0.3 is 15.7 Å². The van der Waals surface area contributed by atoms with Gasteiger partial charge in [0.25, 0.3) is 5.91 Å². The number of hydrogen-bond donors (Lipinski definition) is 3. The number of phenols is 1. The van der Waals surface area contributed by atoms with E-state index in [2.05, 4.69) is 10.6 Å². The molecule has 1 aliphatic rings. The molecule has 2 aromatic carbocycles. The number of rotatable bonds is 8. The first-order valence-corrected chi connectivity index (χ1v) is 12.1. The zero-order valence-electron chi connectivity index (χ0n) is 18.1. The zero-order chi connectivity index (χ0) is 23.1. The number of sulfonamides is 1. The van der Waals surface area contributed by atoms with Crippen molar-refractivity contribution in [1.82, 2.24) is 14.9 Å². The lowest BCUT2D eigenvalue weighted by Crippen LogP contribution is -2.43. The quantitative estimate of drug-likeness (QED) is 0.523. The highest BCUT2D eigenvalue weighted by molar-refractivity contribution is 7.89. The van der Waals surface area contributed by atoms with Gasteiger partial charge in [0.2, 0.25) is 15.9 Å². The predicted molar refractivity (Wildman–Crippen MR) is 121 cm³/mol. The number of carbonyl (C=O) groups is 2. The Labute approximate surface area is 188 Å². The lowest BCUT2D eigenvalue weighted by molar-refractivity contribution is -0.126. The molecule has 0 saturated carbocycles. The van der Waals surface area contributed by atoms with Gasteiger partial charge >= 0.3 is 0 Å². The second-order valence-electron chi connectivity index (χ2n) is 7.94. The fourth-order valence-electron chi connectivity index (χ4n) is 3.61. The van der Waals surface area contributed by atoms with Gasteiger partial charge in [-0.05, 0) is 56.5 Å². The molecule has 1 aliphatic heterocycles. The smallest absolute Gasteiger partial charge is 0.251 e. The molecule has 0 spiro atoms. The molecule has 9 heteroatoms. The van der Waals surface area contributed by atoms with Crippen LogP contribution in [0, 0.1) is 12.8 Å². The van der Waals surface area contributed by atoms with E-state index in [1.165, 1.54) is 16.4 Å². The van der Waals surface area contributed by atoms with Crippen LogP contribution in [-0.2, 0) is 14.8 Å². The average molecular weight is 460 g/mol. The number of piperidine rings is 1. The summed E-state index contributed by atoms with van der Waals surface area (Å²) in [6, 6.07) is 12.9. The number of nitrogens with zero attached hydrogens (tertiary/aromatic N) is 1. The molecule has 32 heavy (non-hydrogen) atoms. The highest BCUT2D eigenvalue weighted by Crippen LogP contribution is 2.24. The topological polar surface area (TPSA) is 116 Å². The molecule has 172 valence electrons. The van der Waals surface area contributed by atoms with Crippen molar-refractivity contribution in [2.24, 2.45) is 5.92 Å². The largest absolute Gasteiger partial charge is 0.508 e. The number of benzene rings is 2. The molecule has 2 aromatic rings. The van der Waals surface area contributed by atoms with Crippen LogP contribution in [0.4, 0.5) is 0 Å². The van der Waals surface area contributed by atoms with E-state index in [0.717, 1.165) is 5.56 Å². The van der Waals surface area contributed by atoms with Crippen molar-refractivity contribution in [2.75, 3.05) is 26.2 Å². The molecule has 3 rings (SSSR count). The van der Waals surface area contributed by atoms with E-state index >= 15 is 0 Å². The van der Waals surface area contributed by atoms with Gasteiger partial charge in [-0.15, -0.1) is 0 Å². The van der Waals surface area contributed by atoms with E-state index in [4.69, 9.17) is 0 Å². The highest BCUT2D eigenvalue weighted by Gasteiger charge is 2.31. The van der Waals surface area contributed by atoms with Crippen LogP contribution in [0.5, 0.6) is 5.75 Å². The van der Waals surface area contributed by atoms with Crippen molar-refractivity contribution in [3.63, 3.8) is 0 Å². The maximum Gasteiger partial charge on any atom is 0.251 e. The predicted octanol–water partition coefficient (Wildman–Crippen LogP) is 2.04. The molecule has 0 bridgehead atoms. The molecule has 1 saturated heterocycles. The molecule has 0 aliphatic carbocycles. The van der Waals surface area contributed by atoms with Crippen LogP contribution >= 0.6 is 0 Å². The minimum absolute atomic E-state index is 0.0302. The third-order valence-electron chi connectivity index (χ3n) is 5.53. The Morgan fingerprint density at radius 3 is 2.34 bits per heavy atom. The Bertz CT molecular complexity index is 1050. The lowest BCUT2D eigenvalue weighted by atomic mass is 9.97. The number of hydrogen-bond acceptors (Lipinski definition) is 5. The summed E-state index contributed by atoms with van der Waals surface area (Å²) < 4.78 is 27.0. The fraction of sp³-hybridized carbons (Fsp3) is 0.391. The molecule has 0 unspecified atom stereocenters. The zero-order valence-corrected chi connectivity index (χ0v) is 18.9. The number of aromatic hydroxyl groups is 1. The molecule has 2 amide bonds. The van der Waals surface area contributed by atoms with E-state index in [1.807, 2.05) is 6.92 Å². The van der Waals surface area contributed by atoms with E-state index in [1.54, 1.807) is 36.4 Å². The summed E-state index contributed by atoms with van der Waals surface area (Å²) in [6.45, 7) is 3.34. The molecule has 1 heterocycles. The molecule has 8 nitrogen and oxygen atoms in total. The maximum atomic E-state index is 12.8. The summed E-state index contributed by atoms with van der Waals surface area (Å²) >= 11 is 0. The molecule has 3 N–H and O–H groups in total. The summed E-state index contributed by atoms with van der Waals surface area (Å²) in [5, 5.41) is 15.0. The fourth-order valence-corrected chi connectivity index (χ4v) is 5.08. The SMILES string of the molecule is Cc1ccc(S(=O)(=O)N2CCC(C(=O)NCCCNC(=O)c3cccc(O)c3)CC2)cc1. The van der Waals surface area contributed by atoms with Gasteiger partial charge in [0.05, 0.1) is 4.90 Å². The Hall–Kier alpha value is -2.91. The van der Waals surface area contributed by atoms with Gasteiger partial charge in [0.1, 0.15) is 5.75 Å². The van der Waals surface area contributed by atoms with Gasteiger partial charge in [-0.3, -0.25) is 9.59 Å². The van der Waals surface area contributed by atoms with Gasteiger partial charge in [-0.2, -0.15) is 4.31 Å². The third-order valence-corrected chi connectivity index (χ3v) is 7.44. The summed E-state index contributed by atoms with van der Waals surface area (Å²) in [5.74, 6) is -0.560. The van der Waals surface area contributed by atoms with E-state index in [9.17, 15) is 23.1 Å². The summed E-state index contributed by atoms with van der Waals surface area (Å²) in [6.07, 6.45) is 1.52. The van der Waals surface area contributed by atoms with Crippen LogP contribution in [0.15, 0.2) is 53.4 Å². The first-order valence-electron chi connectivity index (χ1n) is 10.7. The van der Waals surface area contributed by atoms with Gasteiger partial charge in [-0.1, -0.05) is 23.8 Å². The second-order valence-corrected chi connectivity index (χ2v) is 9.88. The van der Waals surface area contributed by atoms with Crippen LogP contribution in [0.2, 0.25) is 0 Å². The van der Waals surface area contributed by atoms with Crippen molar-refractivity contribution >= 4 is 21.8 Å². The van der Waals surface area contributed by atoms with Crippen LogP contribution in [0.25, 0.3) is 0 Å². The standard InChI is InChI=1S/C23H29N3O5S/c1-17-6-8-21(9-7-17)32(30,31)26-14-10-18(11-15-26)22(28)24-12-3-13-25-23(29)19-4-2-5-20(27)16-19/h2,4-9,16,18,27H,3,10-15H2,1H3,(H,24,28)(H,25,29). The Morgan fingerprint density at radius 1 is 1.03 bits per heavy atom. The van der Waals surface area contributed by atoms with E-state index < -0.39 is 10.0 Å². The monoisotopic (exact) mass is 459 g/mol. The van der Waals surface area contributed by atoms with Crippen molar-refractivity contribution in [1.29, 1.82) is 0 Å². The minimum atomic E-state index is -3.54. The number of carbonyl (C=O) groups excluding carboxylic acids is 2. The molecule has 0 aromatic heterocycles. The Balaban J connectivity index is 1.37. The third kappa shape index (κ3) is 6.08. The van der Waals surface area contributed by atoms with Gasteiger partial charge in [0.15, 0.2) is 0 Å². The highest BCUT2D eigenvalue weighted by atomic mass is 32.2. The second kappa shape index (κ2) is 10.6. The van der Waals surface area contributed by atoms with Crippen molar-refractivity contribution < 1.29 is 23.1 Å². The Kier molecular flexibility index (Phi) is 7.87. The van der Waals surface area contributed by atoms with E-state index in [-0.39, 0.29) is 28.4 Å². The summed E-state index contributed by atoms with van der Waals surface area (Å²) in [4.78, 5) is 24.7. The molecule has 1 fully saturated rings. The van der Waals surface area contributed by atoms with Crippen LogP contribution in [0.3, 0.4) is 0 Å². The number of phenolic OH excluding ortho intramolecular Hbond substituents is 1. The lowest BCUT2D eigenvalue weighted by Gasteiger charge is -2.30. The summed E-state index contributed by atoms with van der Waals surface area (Å²) in [7, 11) is -3.54. The average Bonchev–Trinajstić information content (AvgIpc) is 2.79. The van der Waals surface area contributed by atoms with Gasteiger partial charge in [-0.25, -0.2) is 8.42 Å². The number of aryl methyl sites for hydroxylation is 1. The van der Waals surface area contributed by atoms with Crippen LogP contribution in [-0.4, -0.2) is 55.8 Å². The maximum absolute atomic E-state index is 12.8. The van der Waals surface area contributed by atoms with Crippen molar-refractivity contribution in [3.8, 4) is 5.75 Å². The first-order chi connectivity index (χ1) is 15.3. The minimum Gasteiger partial charge on any atom is -0.508 e. The molecule has 0 radical (unpaired) electrons. The number of amides is 2.